The Hall–Kier alpha value is -0.390. The van der Waals surface area contributed by atoms with Crippen LogP contribution in [0.2, 0.25) is 10.0 Å². The maximum Gasteiger partial charge on any atom is 0.140 e. The van der Waals surface area contributed by atoms with Crippen LogP contribution in [0, 0.1) is 0 Å². The van der Waals surface area contributed by atoms with E-state index in [-0.39, 0.29) is 11.1 Å². The first-order valence-electron chi connectivity index (χ1n) is 6.78. The molecule has 1 aliphatic rings. The average molecular weight is 415 g/mol. The van der Waals surface area contributed by atoms with Crippen molar-refractivity contribution < 1.29 is 9.47 Å². The molecule has 3 nitrogen and oxygen atoms in total. The van der Waals surface area contributed by atoms with Crippen molar-refractivity contribution in [3.05, 3.63) is 44.4 Å². The number of halogens is 4. The molecule has 126 valence electrons. The molecule has 0 bridgehead atoms. The average Bonchev–Trinajstić information content (AvgIpc) is 2.91. The van der Waals surface area contributed by atoms with Crippen molar-refractivity contribution in [2.45, 2.75) is 11.8 Å². The second-order valence-corrected chi connectivity index (χ2v) is 7.53. The van der Waals surface area contributed by atoms with Crippen LogP contribution in [0.5, 0.6) is 11.5 Å². The Bertz CT molecular complexity index is 605. The van der Waals surface area contributed by atoms with Gasteiger partial charge >= 0.3 is 0 Å². The van der Waals surface area contributed by atoms with Gasteiger partial charge in [0.25, 0.3) is 0 Å². The first-order chi connectivity index (χ1) is 11.0. The van der Waals surface area contributed by atoms with E-state index in [0.717, 1.165) is 6.42 Å². The number of rotatable bonds is 7. The van der Waals surface area contributed by atoms with Gasteiger partial charge in [0.15, 0.2) is 0 Å². The quantitative estimate of drug-likeness (QED) is 0.550. The summed E-state index contributed by atoms with van der Waals surface area (Å²) in [6.45, 7) is 0.751. The molecule has 23 heavy (non-hydrogen) atoms. The van der Waals surface area contributed by atoms with Crippen LogP contribution in [-0.2, 0) is 0 Å². The van der Waals surface area contributed by atoms with Crippen molar-refractivity contribution >= 4 is 58.2 Å². The van der Waals surface area contributed by atoms with Gasteiger partial charge < -0.3 is 14.4 Å². The van der Waals surface area contributed by atoms with E-state index >= 15 is 0 Å². The van der Waals surface area contributed by atoms with Crippen LogP contribution in [0.4, 0.5) is 0 Å². The Morgan fingerprint density at radius 3 is 2.43 bits per heavy atom. The zero-order valence-electron chi connectivity index (χ0n) is 12.3. The molecule has 1 aromatic carbocycles. The van der Waals surface area contributed by atoms with Crippen molar-refractivity contribution in [3.8, 4) is 11.5 Å². The molecule has 0 fully saturated rings. The summed E-state index contributed by atoms with van der Waals surface area (Å²) in [5.41, 5.74) is 0. The minimum Gasteiger partial charge on any atom is -0.492 e. The lowest BCUT2D eigenvalue weighted by molar-refractivity contribution is 0.280. The summed E-state index contributed by atoms with van der Waals surface area (Å²) in [6.07, 6.45) is 4.44. The fourth-order valence-electron chi connectivity index (χ4n) is 1.89. The summed E-state index contributed by atoms with van der Waals surface area (Å²) in [5.74, 6) is 0.985. The lowest BCUT2D eigenvalue weighted by Gasteiger charge is -2.20. The van der Waals surface area contributed by atoms with E-state index in [4.69, 9.17) is 55.9 Å². The normalized spacial score (nSPS) is 16.6. The molecule has 0 N–H and O–H groups in total. The van der Waals surface area contributed by atoms with Crippen LogP contribution < -0.4 is 9.47 Å². The summed E-state index contributed by atoms with van der Waals surface area (Å²) < 4.78 is 11.3. The van der Waals surface area contributed by atoms with Crippen LogP contribution in [0.15, 0.2) is 34.3 Å². The van der Waals surface area contributed by atoms with Crippen molar-refractivity contribution in [3.63, 3.8) is 0 Å². The molecule has 0 aliphatic carbocycles. The summed E-state index contributed by atoms with van der Waals surface area (Å²) in [6, 6.07) is 3.44. The SMILES string of the molecule is CN1C=CSC1CCOc1ccc(OCC=C(Cl)Cl)c(Cl)c1Cl. The Morgan fingerprint density at radius 1 is 1.22 bits per heavy atom. The number of nitrogens with zero attached hydrogens (tertiary/aromatic N) is 1. The molecule has 1 aliphatic heterocycles. The summed E-state index contributed by atoms with van der Waals surface area (Å²) in [4.78, 5) is 2.15. The van der Waals surface area contributed by atoms with E-state index in [1.165, 1.54) is 6.08 Å². The van der Waals surface area contributed by atoms with Crippen molar-refractivity contribution in [1.29, 1.82) is 0 Å². The molecule has 2 rings (SSSR count). The standard InChI is InChI=1S/C15H15Cl4NO2S/c1-20-6-9-23-13(20)5-8-22-11-3-2-10(14(18)15(11)19)21-7-4-12(16)17/h2-4,6,9,13H,5,7-8H2,1H3. The Labute approximate surface area is 160 Å². The van der Waals surface area contributed by atoms with E-state index in [0.29, 0.717) is 33.5 Å². The van der Waals surface area contributed by atoms with Crippen LogP contribution in [0.1, 0.15) is 6.42 Å². The van der Waals surface area contributed by atoms with Gasteiger partial charge in [0, 0.05) is 19.7 Å². The van der Waals surface area contributed by atoms with E-state index in [1.807, 2.05) is 13.2 Å². The van der Waals surface area contributed by atoms with E-state index < -0.39 is 0 Å². The molecule has 1 aromatic rings. The molecule has 1 unspecified atom stereocenters. The molecule has 1 atom stereocenters. The third-order valence-corrected chi connectivity index (χ3v) is 5.41. The van der Waals surface area contributed by atoms with Gasteiger partial charge in [-0.2, -0.15) is 0 Å². The predicted octanol–water partition coefficient (Wildman–Crippen LogP) is 5.94. The second-order valence-electron chi connectivity index (χ2n) is 4.67. The fourth-order valence-corrected chi connectivity index (χ4v) is 3.37. The highest BCUT2D eigenvalue weighted by atomic mass is 35.5. The highest BCUT2D eigenvalue weighted by molar-refractivity contribution is 8.02. The molecule has 8 heteroatoms. The number of hydrogen-bond donors (Lipinski definition) is 0. The molecular weight excluding hydrogens is 400 g/mol. The van der Waals surface area contributed by atoms with Crippen LogP contribution in [-0.4, -0.2) is 30.5 Å². The fraction of sp³-hybridized carbons (Fsp3) is 0.333. The number of thioether (sulfide) groups is 1. The Morgan fingerprint density at radius 2 is 1.87 bits per heavy atom. The van der Waals surface area contributed by atoms with Gasteiger partial charge in [-0.05, 0) is 23.6 Å². The van der Waals surface area contributed by atoms with Crippen LogP contribution in [0.3, 0.4) is 0 Å². The van der Waals surface area contributed by atoms with Gasteiger partial charge in [0.05, 0.1) is 12.0 Å². The van der Waals surface area contributed by atoms with Crippen molar-refractivity contribution in [2.75, 3.05) is 20.3 Å². The third kappa shape index (κ3) is 5.57. The van der Waals surface area contributed by atoms with Gasteiger partial charge in [0.1, 0.15) is 32.6 Å². The summed E-state index contributed by atoms with van der Waals surface area (Å²) >= 11 is 25.2. The van der Waals surface area contributed by atoms with E-state index in [9.17, 15) is 0 Å². The Balaban J connectivity index is 1.90. The molecular formula is C15H15Cl4NO2S. The predicted molar refractivity (Wildman–Crippen MR) is 100 cm³/mol. The van der Waals surface area contributed by atoms with Crippen LogP contribution >= 0.6 is 58.2 Å². The lowest BCUT2D eigenvalue weighted by atomic mass is 10.3. The van der Waals surface area contributed by atoms with Gasteiger partial charge in [-0.3, -0.25) is 0 Å². The van der Waals surface area contributed by atoms with Gasteiger partial charge in [-0.1, -0.05) is 46.4 Å². The first kappa shape index (κ1) is 18.9. The smallest absolute Gasteiger partial charge is 0.140 e. The topological polar surface area (TPSA) is 21.7 Å². The molecule has 0 radical (unpaired) electrons. The minimum absolute atomic E-state index is 0.136. The van der Waals surface area contributed by atoms with E-state index in [2.05, 4.69) is 10.3 Å². The van der Waals surface area contributed by atoms with Crippen molar-refractivity contribution in [1.82, 2.24) is 4.90 Å². The summed E-state index contributed by atoms with van der Waals surface area (Å²) in [7, 11) is 2.04. The van der Waals surface area contributed by atoms with E-state index in [1.54, 1.807) is 23.9 Å². The largest absolute Gasteiger partial charge is 0.492 e. The summed E-state index contributed by atoms with van der Waals surface area (Å²) in [5, 5.41) is 3.09. The van der Waals surface area contributed by atoms with Crippen LogP contribution in [0.25, 0.3) is 0 Å². The third-order valence-electron chi connectivity index (χ3n) is 3.10. The highest BCUT2D eigenvalue weighted by Gasteiger charge is 2.17. The zero-order valence-corrected chi connectivity index (χ0v) is 16.1. The molecule has 0 amide bonds. The molecule has 0 aromatic heterocycles. The maximum absolute atomic E-state index is 6.23. The van der Waals surface area contributed by atoms with Crippen molar-refractivity contribution in [2.24, 2.45) is 0 Å². The molecule has 1 heterocycles. The zero-order chi connectivity index (χ0) is 16.8. The monoisotopic (exact) mass is 413 g/mol. The lowest BCUT2D eigenvalue weighted by Crippen LogP contribution is -2.22. The van der Waals surface area contributed by atoms with Gasteiger partial charge in [-0.25, -0.2) is 0 Å². The number of ether oxygens (including phenoxy) is 2. The number of benzene rings is 1. The van der Waals surface area contributed by atoms with Gasteiger partial charge in [-0.15, -0.1) is 11.8 Å². The molecule has 0 saturated heterocycles. The molecule has 0 spiro atoms. The highest BCUT2D eigenvalue weighted by Crippen LogP contribution is 2.39. The first-order valence-corrected chi connectivity index (χ1v) is 9.23. The number of hydrogen-bond acceptors (Lipinski definition) is 4. The minimum atomic E-state index is 0.136. The molecule has 0 saturated carbocycles. The Kier molecular flexibility index (Phi) is 7.57. The maximum atomic E-state index is 6.23. The second kappa shape index (κ2) is 9.19. The van der Waals surface area contributed by atoms with Gasteiger partial charge in [0.2, 0.25) is 0 Å².